The number of hydrogen-bond donors (Lipinski definition) is 0. The average Bonchev–Trinajstić information content (AvgIpc) is 3.14. The predicted octanol–water partition coefficient (Wildman–Crippen LogP) is 4.45. The highest BCUT2D eigenvalue weighted by Gasteiger charge is 2.33. The van der Waals surface area contributed by atoms with Crippen molar-refractivity contribution in [2.24, 2.45) is 14.1 Å². The molecular formula is C23H20ClF3N4O3. The molecular weight excluding hydrogens is 473 g/mol. The van der Waals surface area contributed by atoms with Crippen LogP contribution in [-0.4, -0.2) is 18.7 Å². The second-order valence-electron chi connectivity index (χ2n) is 7.88. The van der Waals surface area contributed by atoms with Gasteiger partial charge in [0, 0.05) is 25.7 Å². The maximum atomic E-state index is 13.4. The zero-order valence-electron chi connectivity index (χ0n) is 18.5. The molecule has 0 aliphatic rings. The zero-order chi connectivity index (χ0) is 24.8. The second-order valence-corrected chi connectivity index (χ2v) is 8.31. The molecule has 7 nitrogen and oxygen atoms in total. The molecule has 0 bridgehead atoms. The van der Waals surface area contributed by atoms with Gasteiger partial charge in [-0.05, 0) is 48.7 Å². The van der Waals surface area contributed by atoms with Gasteiger partial charge in [0.15, 0.2) is 11.2 Å². The lowest BCUT2D eigenvalue weighted by Gasteiger charge is -2.13. The number of nitrogens with zero attached hydrogens (tertiary/aromatic N) is 4. The van der Waals surface area contributed by atoms with Gasteiger partial charge in [-0.1, -0.05) is 29.8 Å². The largest absolute Gasteiger partial charge is 0.425 e. The highest BCUT2D eigenvalue weighted by molar-refractivity contribution is 6.30. The lowest BCUT2D eigenvalue weighted by molar-refractivity contribution is -0.138. The average molecular weight is 493 g/mol. The maximum Gasteiger partial charge on any atom is 0.416 e. The smallest absolute Gasteiger partial charge is 0.416 e. The molecule has 0 aliphatic heterocycles. The molecule has 2 aromatic heterocycles. The molecule has 0 saturated carbocycles. The van der Waals surface area contributed by atoms with Gasteiger partial charge in [0.2, 0.25) is 0 Å². The van der Waals surface area contributed by atoms with Gasteiger partial charge >= 0.3 is 17.9 Å². The maximum absolute atomic E-state index is 13.4. The van der Waals surface area contributed by atoms with Crippen molar-refractivity contribution < 1.29 is 17.9 Å². The van der Waals surface area contributed by atoms with Gasteiger partial charge < -0.3 is 4.74 Å². The molecule has 0 amide bonds. The lowest BCUT2D eigenvalue weighted by Crippen LogP contribution is -2.37. The Morgan fingerprint density at radius 1 is 1.03 bits per heavy atom. The van der Waals surface area contributed by atoms with Crippen LogP contribution < -0.4 is 16.0 Å². The summed E-state index contributed by atoms with van der Waals surface area (Å²) in [5.41, 5.74) is -0.866. The molecule has 0 atom stereocenters. The van der Waals surface area contributed by atoms with Crippen molar-refractivity contribution in [2.75, 3.05) is 0 Å². The minimum atomic E-state index is -4.56. The summed E-state index contributed by atoms with van der Waals surface area (Å²) in [5.74, 6) is -0.0946. The van der Waals surface area contributed by atoms with Gasteiger partial charge in [-0.2, -0.15) is 18.2 Å². The molecule has 178 valence electrons. The highest BCUT2D eigenvalue weighted by atomic mass is 35.5. The van der Waals surface area contributed by atoms with E-state index in [0.717, 1.165) is 16.2 Å². The van der Waals surface area contributed by atoms with E-state index in [-0.39, 0.29) is 35.0 Å². The fraction of sp³-hybridized carbons (Fsp3) is 0.261. The van der Waals surface area contributed by atoms with Crippen LogP contribution in [0.4, 0.5) is 13.2 Å². The Bertz CT molecular complexity index is 1500. The Morgan fingerprint density at radius 3 is 2.35 bits per heavy atom. The molecule has 0 aliphatic carbocycles. The normalized spacial score (nSPS) is 11.9. The summed E-state index contributed by atoms with van der Waals surface area (Å²) in [6.07, 6.45) is -4.11. The second kappa shape index (κ2) is 8.68. The first-order chi connectivity index (χ1) is 16.0. The molecule has 2 aromatic carbocycles. The van der Waals surface area contributed by atoms with Gasteiger partial charge in [-0.3, -0.25) is 18.5 Å². The van der Waals surface area contributed by atoms with Gasteiger partial charge in [0.05, 0.1) is 5.56 Å². The molecule has 0 spiro atoms. The lowest BCUT2D eigenvalue weighted by atomic mass is 10.1. The van der Waals surface area contributed by atoms with Crippen molar-refractivity contribution in [1.82, 2.24) is 18.7 Å². The number of fused-ring (bicyclic) bond motifs is 1. The summed E-state index contributed by atoms with van der Waals surface area (Å²) < 4.78 is 49.5. The molecule has 2 heterocycles. The first-order valence-corrected chi connectivity index (χ1v) is 10.6. The zero-order valence-corrected chi connectivity index (χ0v) is 19.2. The molecule has 0 N–H and O–H groups in total. The van der Waals surface area contributed by atoms with Crippen LogP contribution >= 0.6 is 11.6 Å². The standard InChI is InChI=1S/C23H20ClF3N4O3/c1-13-4-9-16(12-17(13)23(25,26)27)34-21-28-19-18(20(32)30(3)22(33)29(19)2)31(21)11-10-14-5-7-15(24)8-6-14/h4-9,12H,10-11H2,1-3H3. The van der Waals surface area contributed by atoms with E-state index in [9.17, 15) is 22.8 Å². The van der Waals surface area contributed by atoms with Crippen molar-refractivity contribution in [3.8, 4) is 11.8 Å². The van der Waals surface area contributed by atoms with Crippen molar-refractivity contribution in [3.05, 3.63) is 85.0 Å². The number of hydrogen-bond acceptors (Lipinski definition) is 4. The number of aromatic nitrogens is 4. The minimum Gasteiger partial charge on any atom is -0.425 e. The first kappa shape index (κ1) is 23.6. The number of ether oxygens (including phenoxy) is 1. The van der Waals surface area contributed by atoms with Crippen molar-refractivity contribution >= 4 is 22.8 Å². The third-order valence-electron chi connectivity index (χ3n) is 5.57. The van der Waals surface area contributed by atoms with Crippen LogP contribution in [0.15, 0.2) is 52.1 Å². The van der Waals surface area contributed by atoms with E-state index in [2.05, 4.69) is 4.98 Å². The van der Waals surface area contributed by atoms with Crippen LogP contribution in [0.1, 0.15) is 16.7 Å². The summed E-state index contributed by atoms with van der Waals surface area (Å²) in [6, 6.07) is 10.6. The molecule has 34 heavy (non-hydrogen) atoms. The van der Waals surface area contributed by atoms with E-state index in [1.807, 2.05) is 12.1 Å². The Kier molecular flexibility index (Phi) is 6.03. The summed E-state index contributed by atoms with van der Waals surface area (Å²) in [7, 11) is 2.80. The fourth-order valence-electron chi connectivity index (χ4n) is 3.68. The molecule has 0 unspecified atom stereocenters. The van der Waals surface area contributed by atoms with E-state index in [0.29, 0.717) is 11.4 Å². The third-order valence-corrected chi connectivity index (χ3v) is 5.83. The molecule has 4 aromatic rings. The van der Waals surface area contributed by atoms with Gasteiger partial charge in [-0.25, -0.2) is 4.79 Å². The number of imidazole rings is 1. The van der Waals surface area contributed by atoms with Gasteiger partial charge in [0.25, 0.3) is 5.56 Å². The van der Waals surface area contributed by atoms with E-state index < -0.39 is 23.0 Å². The number of halogens is 4. The van der Waals surface area contributed by atoms with Crippen LogP contribution in [0, 0.1) is 6.92 Å². The summed E-state index contributed by atoms with van der Waals surface area (Å²) in [6.45, 7) is 1.58. The Hall–Kier alpha value is -3.53. The van der Waals surface area contributed by atoms with Crippen molar-refractivity contribution in [2.45, 2.75) is 26.1 Å². The Labute approximate surface area is 196 Å². The highest BCUT2D eigenvalue weighted by Crippen LogP contribution is 2.35. The summed E-state index contributed by atoms with van der Waals surface area (Å²) in [4.78, 5) is 29.6. The van der Waals surface area contributed by atoms with Crippen molar-refractivity contribution in [3.63, 3.8) is 0 Å². The predicted molar refractivity (Wildman–Crippen MR) is 122 cm³/mol. The van der Waals surface area contributed by atoms with Crippen molar-refractivity contribution in [1.29, 1.82) is 0 Å². The first-order valence-electron chi connectivity index (χ1n) is 10.2. The van der Waals surface area contributed by atoms with Crippen LogP contribution in [0.3, 0.4) is 0 Å². The number of alkyl halides is 3. The fourth-order valence-corrected chi connectivity index (χ4v) is 3.81. The monoisotopic (exact) mass is 492 g/mol. The van der Waals surface area contributed by atoms with Crippen LogP contribution in [0.25, 0.3) is 11.2 Å². The number of aryl methyl sites for hydroxylation is 4. The molecule has 0 saturated heterocycles. The molecule has 0 fully saturated rings. The third kappa shape index (κ3) is 4.33. The Balaban J connectivity index is 1.84. The molecule has 4 rings (SSSR count). The van der Waals surface area contributed by atoms with Gasteiger partial charge in [-0.15, -0.1) is 0 Å². The number of rotatable bonds is 5. The SMILES string of the molecule is Cc1ccc(Oc2nc3c(c(=O)n(C)c(=O)n3C)n2CCc2ccc(Cl)cc2)cc1C(F)(F)F. The van der Waals surface area contributed by atoms with E-state index in [4.69, 9.17) is 16.3 Å². The summed E-state index contributed by atoms with van der Waals surface area (Å²) in [5, 5.41) is 0.574. The van der Waals surface area contributed by atoms with E-state index in [1.54, 1.807) is 12.1 Å². The van der Waals surface area contributed by atoms with Crippen LogP contribution in [0.5, 0.6) is 11.8 Å². The minimum absolute atomic E-state index is 0.0485. The topological polar surface area (TPSA) is 71.1 Å². The van der Waals surface area contributed by atoms with Gasteiger partial charge in [0.1, 0.15) is 5.75 Å². The quantitative estimate of drug-likeness (QED) is 0.413. The number of benzene rings is 2. The van der Waals surface area contributed by atoms with E-state index >= 15 is 0 Å². The van der Waals surface area contributed by atoms with Crippen LogP contribution in [-0.2, 0) is 33.2 Å². The molecule has 0 radical (unpaired) electrons. The molecule has 11 heteroatoms. The Morgan fingerprint density at radius 2 is 1.71 bits per heavy atom. The van der Waals surface area contributed by atoms with Crippen LogP contribution in [0.2, 0.25) is 5.02 Å². The summed E-state index contributed by atoms with van der Waals surface area (Å²) >= 11 is 5.94. The van der Waals surface area contributed by atoms with E-state index in [1.165, 1.54) is 42.3 Å².